The van der Waals surface area contributed by atoms with Crippen LogP contribution in [0.5, 0.6) is 11.5 Å². The van der Waals surface area contributed by atoms with Crippen LogP contribution in [0.25, 0.3) is 17.4 Å². The van der Waals surface area contributed by atoms with E-state index in [-0.39, 0.29) is 40.6 Å². The summed E-state index contributed by atoms with van der Waals surface area (Å²) in [7, 11) is 0. The van der Waals surface area contributed by atoms with Gasteiger partial charge in [-0.3, -0.25) is 14.4 Å². The molecule has 8 nitrogen and oxygen atoms in total. The van der Waals surface area contributed by atoms with Gasteiger partial charge < -0.3 is 19.0 Å². The molecule has 0 aliphatic carbocycles. The Morgan fingerprint density at radius 2 is 1.76 bits per heavy atom. The highest BCUT2D eigenvalue weighted by atomic mass is 16.5. The number of carbonyl (C=O) groups is 4. The van der Waals surface area contributed by atoms with E-state index in [0.29, 0.717) is 61.2 Å². The van der Waals surface area contributed by atoms with Crippen molar-refractivity contribution in [1.82, 2.24) is 0 Å². The molecular weight excluding hydrogens is 524 g/mol. The SMILES string of the molecule is CC(=O)c1ccc(-c2ccc(C3CC(=O)Oc4cc5c(c(O)c43)C(=O)OC(C)CCCC(=O)CCC/C=C/5)o2)cc1. The molecule has 1 N–H and O–H groups in total. The van der Waals surface area contributed by atoms with Gasteiger partial charge in [-0.15, -0.1) is 0 Å². The average molecular weight is 557 g/mol. The minimum atomic E-state index is -0.699. The number of esters is 2. The van der Waals surface area contributed by atoms with Gasteiger partial charge in [0.05, 0.1) is 18.4 Å². The molecule has 0 fully saturated rings. The van der Waals surface area contributed by atoms with Gasteiger partial charge in [0.25, 0.3) is 0 Å². The van der Waals surface area contributed by atoms with Gasteiger partial charge in [0.2, 0.25) is 0 Å². The lowest BCUT2D eigenvalue weighted by atomic mass is 9.86. The van der Waals surface area contributed by atoms with Crippen molar-refractivity contribution in [3.63, 3.8) is 0 Å². The van der Waals surface area contributed by atoms with E-state index in [1.54, 1.807) is 55.5 Å². The molecular formula is C33H32O8. The van der Waals surface area contributed by atoms with Crippen LogP contribution < -0.4 is 4.74 Å². The molecule has 41 heavy (non-hydrogen) atoms. The van der Waals surface area contributed by atoms with Crippen LogP contribution in [-0.2, 0) is 14.3 Å². The number of hydrogen-bond acceptors (Lipinski definition) is 8. The first-order valence-corrected chi connectivity index (χ1v) is 13.9. The summed E-state index contributed by atoms with van der Waals surface area (Å²) in [4.78, 5) is 49.8. The fourth-order valence-corrected chi connectivity index (χ4v) is 5.33. The minimum absolute atomic E-state index is 0.00506. The zero-order valence-electron chi connectivity index (χ0n) is 23.1. The number of fused-ring (bicyclic) bond motifs is 2. The number of Topliss-reactive ketones (excluding diaryl/α,β-unsaturated/α-hetero) is 2. The highest BCUT2D eigenvalue weighted by molar-refractivity contribution is 5.99. The van der Waals surface area contributed by atoms with E-state index in [9.17, 15) is 24.3 Å². The molecule has 0 spiro atoms. The van der Waals surface area contributed by atoms with E-state index in [1.165, 1.54) is 6.92 Å². The van der Waals surface area contributed by atoms with E-state index >= 15 is 0 Å². The zero-order chi connectivity index (χ0) is 29.1. The van der Waals surface area contributed by atoms with Crippen LogP contribution in [0.15, 0.2) is 53.0 Å². The number of aromatic hydroxyl groups is 1. The fraction of sp³-hybridized carbons (Fsp3) is 0.333. The summed E-state index contributed by atoms with van der Waals surface area (Å²) in [6, 6.07) is 12.1. The second kappa shape index (κ2) is 12.0. The van der Waals surface area contributed by atoms with Crippen LogP contribution in [0.4, 0.5) is 0 Å². The summed E-state index contributed by atoms with van der Waals surface area (Å²) < 4.78 is 17.4. The third kappa shape index (κ3) is 6.16. The Bertz CT molecular complexity index is 1530. The lowest BCUT2D eigenvalue weighted by molar-refractivity contribution is -0.135. The monoisotopic (exact) mass is 556 g/mol. The van der Waals surface area contributed by atoms with Crippen LogP contribution in [-0.4, -0.2) is 34.7 Å². The number of hydrogen-bond donors (Lipinski definition) is 1. The van der Waals surface area contributed by atoms with Gasteiger partial charge in [-0.25, -0.2) is 4.79 Å². The van der Waals surface area contributed by atoms with Crippen LogP contribution in [0.3, 0.4) is 0 Å². The number of benzene rings is 2. The number of furan rings is 1. The lowest BCUT2D eigenvalue weighted by Gasteiger charge is -2.26. The van der Waals surface area contributed by atoms with E-state index in [2.05, 4.69) is 0 Å². The third-order valence-corrected chi connectivity index (χ3v) is 7.52. The highest BCUT2D eigenvalue weighted by Crippen LogP contribution is 2.48. The largest absolute Gasteiger partial charge is 0.507 e. The number of phenols is 1. The maximum Gasteiger partial charge on any atom is 0.342 e. The average Bonchev–Trinajstić information content (AvgIpc) is 3.42. The van der Waals surface area contributed by atoms with Crippen LogP contribution >= 0.6 is 0 Å². The van der Waals surface area contributed by atoms with Gasteiger partial charge in [0, 0.05) is 29.5 Å². The van der Waals surface area contributed by atoms with Crippen molar-refractivity contribution in [3.8, 4) is 22.8 Å². The summed E-state index contributed by atoms with van der Waals surface area (Å²) in [6.45, 7) is 3.26. The van der Waals surface area contributed by atoms with Gasteiger partial charge >= 0.3 is 11.9 Å². The van der Waals surface area contributed by atoms with Crippen LogP contribution in [0.2, 0.25) is 0 Å². The van der Waals surface area contributed by atoms with Crippen LogP contribution in [0.1, 0.15) is 102 Å². The number of rotatable bonds is 3. The summed E-state index contributed by atoms with van der Waals surface area (Å²) in [5.74, 6) is -0.956. The molecule has 212 valence electrons. The molecule has 0 amide bonds. The number of ketones is 2. The predicted molar refractivity (Wildman–Crippen MR) is 151 cm³/mol. The van der Waals surface area contributed by atoms with Crippen molar-refractivity contribution in [2.24, 2.45) is 0 Å². The lowest BCUT2D eigenvalue weighted by Crippen LogP contribution is -2.23. The maximum absolute atomic E-state index is 13.4. The number of carbonyl (C=O) groups excluding carboxylic acids is 4. The van der Waals surface area contributed by atoms with Gasteiger partial charge in [0.1, 0.15) is 34.4 Å². The molecule has 2 atom stereocenters. The van der Waals surface area contributed by atoms with Crippen molar-refractivity contribution in [1.29, 1.82) is 0 Å². The van der Waals surface area contributed by atoms with Gasteiger partial charge in [-0.05, 0) is 63.3 Å². The second-order valence-electron chi connectivity index (χ2n) is 10.6. The first-order chi connectivity index (χ1) is 19.7. The summed E-state index contributed by atoms with van der Waals surface area (Å²) in [5.41, 5.74) is 1.97. The topological polar surface area (TPSA) is 120 Å². The van der Waals surface area contributed by atoms with E-state index in [1.807, 2.05) is 6.08 Å². The fourth-order valence-electron chi connectivity index (χ4n) is 5.33. The molecule has 2 unspecified atom stereocenters. The standard InChI is InChI=1S/C33H32O8/c1-19-7-6-10-24(35)9-5-3-4-8-23-17-28-31(32(37)30(23)33(38)39-19)25(18-29(36)41-28)27-16-15-26(40-27)22-13-11-21(12-14-22)20(2)34/h4,8,11-17,19,25,37H,3,5-7,9-10,18H2,1-2H3/b8-4+. The van der Waals surface area contributed by atoms with Crippen molar-refractivity contribution >= 4 is 29.6 Å². The Labute approximate surface area is 238 Å². The number of ether oxygens (including phenoxy) is 2. The quantitative estimate of drug-likeness (QED) is 0.213. The third-order valence-electron chi connectivity index (χ3n) is 7.52. The van der Waals surface area contributed by atoms with E-state index in [0.717, 1.165) is 5.56 Å². The van der Waals surface area contributed by atoms with Gasteiger partial charge in [0.15, 0.2) is 5.78 Å². The molecule has 5 rings (SSSR count). The molecule has 3 heterocycles. The molecule has 1 aromatic heterocycles. The Kier molecular flexibility index (Phi) is 8.19. The molecule has 0 bridgehead atoms. The summed E-state index contributed by atoms with van der Waals surface area (Å²) in [5, 5.41) is 11.6. The molecule has 0 saturated carbocycles. The highest BCUT2D eigenvalue weighted by Gasteiger charge is 2.37. The molecule has 8 heteroatoms. The first kappa shape index (κ1) is 28.1. The molecule has 2 aromatic carbocycles. The zero-order valence-corrected chi connectivity index (χ0v) is 23.1. The van der Waals surface area contributed by atoms with Gasteiger partial charge in [-0.2, -0.15) is 0 Å². The van der Waals surface area contributed by atoms with Crippen molar-refractivity contribution in [2.75, 3.05) is 0 Å². The molecule has 2 aliphatic rings. The van der Waals surface area contributed by atoms with Crippen molar-refractivity contribution < 1.29 is 38.2 Å². The Morgan fingerprint density at radius 3 is 2.51 bits per heavy atom. The smallest absolute Gasteiger partial charge is 0.342 e. The Morgan fingerprint density at radius 1 is 1.00 bits per heavy atom. The van der Waals surface area contributed by atoms with Gasteiger partial charge in [-0.1, -0.05) is 36.4 Å². The number of phenolic OH excluding ortho intramolecular Hbond substituents is 1. The Hall–Kier alpha value is -4.46. The minimum Gasteiger partial charge on any atom is -0.507 e. The molecule has 0 saturated heterocycles. The summed E-state index contributed by atoms with van der Waals surface area (Å²) in [6.07, 6.45) is 6.32. The normalized spacial score (nSPS) is 20.7. The Balaban J connectivity index is 1.54. The number of cyclic esters (lactones) is 1. The number of allylic oxidation sites excluding steroid dienone is 1. The maximum atomic E-state index is 13.4. The molecule has 0 radical (unpaired) electrons. The molecule has 3 aromatic rings. The van der Waals surface area contributed by atoms with Crippen molar-refractivity contribution in [3.05, 3.63) is 76.6 Å². The summed E-state index contributed by atoms with van der Waals surface area (Å²) >= 11 is 0. The van der Waals surface area contributed by atoms with Crippen molar-refractivity contribution in [2.45, 2.75) is 70.8 Å². The first-order valence-electron chi connectivity index (χ1n) is 13.9. The van der Waals surface area contributed by atoms with E-state index < -0.39 is 24.0 Å². The second-order valence-corrected chi connectivity index (χ2v) is 10.6. The molecule has 2 aliphatic heterocycles. The predicted octanol–water partition coefficient (Wildman–Crippen LogP) is 6.78. The van der Waals surface area contributed by atoms with Crippen LogP contribution in [0, 0.1) is 0 Å². The van der Waals surface area contributed by atoms with E-state index in [4.69, 9.17) is 13.9 Å².